The van der Waals surface area contributed by atoms with E-state index in [0.29, 0.717) is 12.1 Å². The summed E-state index contributed by atoms with van der Waals surface area (Å²) in [6.45, 7) is 0.516. The molecular formula is C21H23N3O4S. The third kappa shape index (κ3) is 5.10. The van der Waals surface area contributed by atoms with Crippen LogP contribution in [0.4, 0.5) is 0 Å². The summed E-state index contributed by atoms with van der Waals surface area (Å²) < 4.78 is 31.0. The molecule has 0 aliphatic carbocycles. The molecule has 0 unspecified atom stereocenters. The molecule has 3 rings (SSSR count). The third-order valence-electron chi connectivity index (χ3n) is 4.44. The van der Waals surface area contributed by atoms with Gasteiger partial charge >= 0.3 is 0 Å². The molecule has 0 saturated heterocycles. The number of benzene rings is 2. The average molecular weight is 413 g/mol. The summed E-state index contributed by atoms with van der Waals surface area (Å²) >= 11 is 0. The van der Waals surface area contributed by atoms with Crippen molar-refractivity contribution in [1.82, 2.24) is 14.7 Å². The van der Waals surface area contributed by atoms with Gasteiger partial charge < -0.3 is 9.64 Å². The van der Waals surface area contributed by atoms with E-state index in [9.17, 15) is 13.2 Å². The molecule has 0 atom stereocenters. The van der Waals surface area contributed by atoms with Gasteiger partial charge in [-0.15, -0.1) is 0 Å². The molecule has 1 amide bonds. The van der Waals surface area contributed by atoms with E-state index in [1.54, 1.807) is 22.8 Å². The first-order valence-electron chi connectivity index (χ1n) is 9.07. The number of hydrogen-bond acceptors (Lipinski definition) is 5. The van der Waals surface area contributed by atoms with E-state index in [2.05, 4.69) is 5.10 Å². The molecule has 1 aromatic heterocycles. The van der Waals surface area contributed by atoms with Crippen LogP contribution in [0, 0.1) is 0 Å². The minimum absolute atomic E-state index is 0.0951. The number of aromatic nitrogens is 2. The molecule has 0 aliphatic heterocycles. The molecule has 3 aromatic rings. The van der Waals surface area contributed by atoms with Crippen LogP contribution in [0.15, 0.2) is 71.9 Å². The molecule has 152 valence electrons. The maximum atomic E-state index is 12.7. The predicted molar refractivity (Wildman–Crippen MR) is 110 cm³/mol. The molecule has 0 saturated carbocycles. The fraction of sp³-hybridized carbons (Fsp3) is 0.238. The van der Waals surface area contributed by atoms with Gasteiger partial charge in [-0.3, -0.25) is 4.79 Å². The Bertz CT molecular complexity index is 1060. The summed E-state index contributed by atoms with van der Waals surface area (Å²) in [5.41, 5.74) is 2.26. The minimum atomic E-state index is -3.42. The molecule has 0 N–H and O–H groups in total. The Morgan fingerprint density at radius 2 is 1.79 bits per heavy atom. The van der Waals surface area contributed by atoms with Crippen LogP contribution in [0.25, 0.3) is 5.69 Å². The van der Waals surface area contributed by atoms with Gasteiger partial charge in [0.25, 0.3) is 5.91 Å². The van der Waals surface area contributed by atoms with Gasteiger partial charge in [0.1, 0.15) is 0 Å². The van der Waals surface area contributed by atoms with Crippen molar-refractivity contribution < 1.29 is 17.9 Å². The number of rotatable bonds is 8. The van der Waals surface area contributed by atoms with Gasteiger partial charge in [-0.2, -0.15) is 5.10 Å². The van der Waals surface area contributed by atoms with Crippen LogP contribution < -0.4 is 0 Å². The lowest BCUT2D eigenvalue weighted by atomic mass is 10.2. The van der Waals surface area contributed by atoms with E-state index in [4.69, 9.17) is 4.74 Å². The van der Waals surface area contributed by atoms with Gasteiger partial charge in [-0.25, -0.2) is 13.1 Å². The summed E-state index contributed by atoms with van der Waals surface area (Å²) in [5, 5.41) is 4.34. The highest BCUT2D eigenvalue weighted by molar-refractivity contribution is 7.91. The maximum Gasteiger partial charge on any atom is 0.253 e. The number of carbonyl (C=O) groups excluding carboxylic acids is 1. The Morgan fingerprint density at radius 1 is 1.10 bits per heavy atom. The van der Waals surface area contributed by atoms with Crippen LogP contribution in [0.1, 0.15) is 15.9 Å². The lowest BCUT2D eigenvalue weighted by Crippen LogP contribution is -2.26. The fourth-order valence-electron chi connectivity index (χ4n) is 2.85. The number of methoxy groups -OCH3 is 1. The molecule has 0 fully saturated rings. The van der Waals surface area contributed by atoms with Gasteiger partial charge in [0, 0.05) is 38.0 Å². The number of sulfone groups is 1. The largest absolute Gasteiger partial charge is 0.384 e. The lowest BCUT2D eigenvalue weighted by Gasteiger charge is -2.16. The highest BCUT2D eigenvalue weighted by atomic mass is 32.2. The monoisotopic (exact) mass is 413 g/mol. The Kier molecular flexibility index (Phi) is 6.46. The first kappa shape index (κ1) is 20.8. The first-order chi connectivity index (χ1) is 13.9. The number of amides is 1. The van der Waals surface area contributed by atoms with Crippen LogP contribution in [0.5, 0.6) is 0 Å². The fourth-order valence-corrected chi connectivity index (χ4v) is 4.02. The summed E-state index contributed by atoms with van der Waals surface area (Å²) in [6.07, 6.45) is 3.60. The number of carbonyl (C=O) groups is 1. The normalized spacial score (nSPS) is 11.4. The van der Waals surface area contributed by atoms with Crippen molar-refractivity contribution >= 4 is 15.7 Å². The molecule has 2 aromatic carbocycles. The van der Waals surface area contributed by atoms with Gasteiger partial charge in [-0.05, 0) is 36.4 Å². The second kappa shape index (κ2) is 9.02. The van der Waals surface area contributed by atoms with Crippen molar-refractivity contribution in [2.45, 2.75) is 11.4 Å². The third-order valence-corrected chi connectivity index (χ3v) is 6.13. The van der Waals surface area contributed by atoms with Crippen molar-refractivity contribution in [3.8, 4) is 5.69 Å². The molecular weight excluding hydrogens is 390 g/mol. The molecule has 8 heteroatoms. The van der Waals surface area contributed by atoms with Gasteiger partial charge in [0.15, 0.2) is 9.84 Å². The minimum Gasteiger partial charge on any atom is -0.384 e. The van der Waals surface area contributed by atoms with Crippen molar-refractivity contribution in [2.24, 2.45) is 0 Å². The first-order valence-corrected chi connectivity index (χ1v) is 10.7. The van der Waals surface area contributed by atoms with Crippen molar-refractivity contribution in [2.75, 3.05) is 26.5 Å². The van der Waals surface area contributed by atoms with Gasteiger partial charge in [-0.1, -0.05) is 18.2 Å². The molecule has 0 spiro atoms. The van der Waals surface area contributed by atoms with Gasteiger partial charge in [0.05, 0.1) is 29.1 Å². The molecule has 0 aliphatic rings. The average Bonchev–Trinajstić information content (AvgIpc) is 3.21. The van der Waals surface area contributed by atoms with E-state index in [-0.39, 0.29) is 23.2 Å². The van der Waals surface area contributed by atoms with Crippen LogP contribution in [0.2, 0.25) is 0 Å². The Morgan fingerprint density at radius 3 is 2.45 bits per heavy atom. The SMILES string of the molecule is COCCS(=O)(=O)c1ccc(C(=O)N(C)Cc2cnn(-c3ccccc3)c2)cc1. The smallest absolute Gasteiger partial charge is 0.253 e. The summed E-state index contributed by atoms with van der Waals surface area (Å²) in [6, 6.07) is 15.7. The van der Waals surface area contributed by atoms with Crippen LogP contribution in [0.3, 0.4) is 0 Å². The van der Waals surface area contributed by atoms with Crippen molar-refractivity contribution in [3.05, 3.63) is 78.1 Å². The lowest BCUT2D eigenvalue weighted by molar-refractivity contribution is 0.0785. The van der Waals surface area contributed by atoms with Crippen LogP contribution in [-0.4, -0.2) is 55.5 Å². The number of hydrogen-bond donors (Lipinski definition) is 0. The standard InChI is InChI=1S/C21H23N3O4S/c1-23(15-17-14-22-24(16-17)19-6-4-3-5-7-19)21(25)18-8-10-20(11-9-18)29(26,27)13-12-28-2/h3-11,14,16H,12-13,15H2,1-2H3. The Labute approximate surface area is 170 Å². The summed E-state index contributed by atoms with van der Waals surface area (Å²) in [4.78, 5) is 14.4. The van der Waals surface area contributed by atoms with E-state index in [1.807, 2.05) is 36.5 Å². The molecule has 7 nitrogen and oxygen atoms in total. The van der Waals surface area contributed by atoms with Gasteiger partial charge in [0.2, 0.25) is 0 Å². The topological polar surface area (TPSA) is 81.5 Å². The second-order valence-corrected chi connectivity index (χ2v) is 8.74. The number of ether oxygens (including phenoxy) is 1. The number of nitrogens with zero attached hydrogens (tertiary/aromatic N) is 3. The second-order valence-electron chi connectivity index (χ2n) is 6.63. The van der Waals surface area contributed by atoms with Crippen LogP contribution in [-0.2, 0) is 21.1 Å². The Hall–Kier alpha value is -2.97. The molecule has 1 heterocycles. The highest BCUT2D eigenvalue weighted by Crippen LogP contribution is 2.15. The quantitative estimate of drug-likeness (QED) is 0.567. The molecule has 0 radical (unpaired) electrons. The van der Waals surface area contributed by atoms with E-state index < -0.39 is 9.84 Å². The zero-order chi connectivity index (χ0) is 20.9. The van der Waals surface area contributed by atoms with E-state index in [0.717, 1.165) is 11.3 Å². The zero-order valence-electron chi connectivity index (χ0n) is 16.4. The van der Waals surface area contributed by atoms with E-state index in [1.165, 1.54) is 31.4 Å². The molecule has 0 bridgehead atoms. The van der Waals surface area contributed by atoms with Crippen molar-refractivity contribution in [1.29, 1.82) is 0 Å². The highest BCUT2D eigenvalue weighted by Gasteiger charge is 2.17. The maximum absolute atomic E-state index is 12.7. The van der Waals surface area contributed by atoms with Crippen LogP contribution >= 0.6 is 0 Å². The van der Waals surface area contributed by atoms with E-state index >= 15 is 0 Å². The molecule has 29 heavy (non-hydrogen) atoms. The summed E-state index contributed by atoms with van der Waals surface area (Å²) in [7, 11) is -0.263. The Balaban J connectivity index is 1.67. The zero-order valence-corrected chi connectivity index (χ0v) is 17.2. The number of para-hydroxylation sites is 1. The predicted octanol–water partition coefficient (Wildman–Crippen LogP) is 2.56. The van der Waals surface area contributed by atoms with Crippen molar-refractivity contribution in [3.63, 3.8) is 0 Å². The summed E-state index contributed by atoms with van der Waals surface area (Å²) in [5.74, 6) is -0.291.